The van der Waals surface area contributed by atoms with Crippen LogP contribution in [0.5, 0.6) is 11.5 Å². The predicted octanol–water partition coefficient (Wildman–Crippen LogP) is 5.58. The van der Waals surface area contributed by atoms with Crippen molar-refractivity contribution in [2.45, 2.75) is 93.3 Å². The number of hydrogen-bond donors (Lipinski definition) is 4. The topological polar surface area (TPSA) is 98.7 Å². The van der Waals surface area contributed by atoms with E-state index in [4.69, 9.17) is 7.85 Å². The van der Waals surface area contributed by atoms with Gasteiger partial charge in [0, 0.05) is 13.1 Å². The van der Waals surface area contributed by atoms with Crippen molar-refractivity contribution >= 4 is 19.7 Å². The van der Waals surface area contributed by atoms with Gasteiger partial charge >= 0.3 is 0 Å². The van der Waals surface area contributed by atoms with E-state index in [0.717, 1.165) is 19.3 Å². The molecule has 1 unspecified atom stereocenters. The van der Waals surface area contributed by atoms with Crippen molar-refractivity contribution in [1.82, 2.24) is 10.6 Å². The average Bonchev–Trinajstić information content (AvgIpc) is 2.70. The van der Waals surface area contributed by atoms with E-state index in [9.17, 15) is 19.8 Å². The molecular formula is C27H45BN2O4. The molecule has 2 radical (unpaired) electrons. The van der Waals surface area contributed by atoms with E-state index in [0.29, 0.717) is 19.5 Å². The van der Waals surface area contributed by atoms with Crippen molar-refractivity contribution in [1.29, 1.82) is 0 Å². The van der Waals surface area contributed by atoms with Crippen LogP contribution in [-0.2, 0) is 0 Å². The molecule has 2 amide bonds. The van der Waals surface area contributed by atoms with Crippen LogP contribution in [-0.4, -0.2) is 43.0 Å². The van der Waals surface area contributed by atoms with Gasteiger partial charge in [-0.25, -0.2) is 0 Å². The molecule has 1 aromatic rings. The maximum atomic E-state index is 12.7. The summed E-state index contributed by atoms with van der Waals surface area (Å²) in [6.07, 6.45) is 3.48. The third kappa shape index (κ3) is 8.88. The molecule has 190 valence electrons. The maximum absolute atomic E-state index is 12.7. The lowest BCUT2D eigenvalue weighted by Crippen LogP contribution is -2.37. The van der Waals surface area contributed by atoms with Gasteiger partial charge in [-0.1, -0.05) is 74.0 Å². The van der Waals surface area contributed by atoms with Crippen LogP contribution in [0, 0.1) is 16.2 Å². The first-order valence-corrected chi connectivity index (χ1v) is 12.3. The molecular weight excluding hydrogens is 427 g/mol. The Morgan fingerprint density at radius 2 is 1.21 bits per heavy atom. The van der Waals surface area contributed by atoms with Crippen molar-refractivity contribution < 1.29 is 19.8 Å². The minimum atomic E-state index is -0.603. The van der Waals surface area contributed by atoms with E-state index >= 15 is 0 Å². The van der Waals surface area contributed by atoms with Gasteiger partial charge in [-0.3, -0.25) is 9.59 Å². The third-order valence-corrected chi connectivity index (χ3v) is 6.69. The van der Waals surface area contributed by atoms with Crippen LogP contribution >= 0.6 is 0 Å². The standard InChI is InChI=1S/C27H45BN2O4/c1-10-24(3,4)14-25(5,6)16-29-22(33)18-12-13-19(21(32)20(18)31)23(34)30-17-27(9,11-2)15-26(7,8)28/h12-13,31-32H,10-11,14-17H2,1-9H3,(H,29,33)(H,30,34). The first kappa shape index (κ1) is 29.9. The second kappa shape index (κ2) is 11.0. The number of hydrogen-bond acceptors (Lipinski definition) is 4. The highest BCUT2D eigenvalue weighted by Gasteiger charge is 2.31. The Morgan fingerprint density at radius 1 is 0.765 bits per heavy atom. The van der Waals surface area contributed by atoms with E-state index in [1.54, 1.807) is 0 Å². The zero-order valence-corrected chi connectivity index (χ0v) is 22.7. The largest absolute Gasteiger partial charge is 0.504 e. The molecule has 6 nitrogen and oxygen atoms in total. The van der Waals surface area contributed by atoms with Gasteiger partial charge in [0.05, 0.1) is 19.0 Å². The van der Waals surface area contributed by atoms with Crippen LogP contribution in [0.15, 0.2) is 12.1 Å². The highest BCUT2D eigenvalue weighted by molar-refractivity contribution is 6.14. The summed E-state index contributed by atoms with van der Waals surface area (Å²) in [5.41, 5.74) is -0.356. The summed E-state index contributed by atoms with van der Waals surface area (Å²) < 4.78 is 0. The lowest BCUT2D eigenvalue weighted by Gasteiger charge is -2.35. The molecule has 0 spiro atoms. The van der Waals surface area contributed by atoms with Gasteiger partial charge in [-0.05, 0) is 47.6 Å². The first-order valence-electron chi connectivity index (χ1n) is 12.3. The van der Waals surface area contributed by atoms with Gasteiger partial charge in [0.15, 0.2) is 11.5 Å². The van der Waals surface area contributed by atoms with Gasteiger partial charge in [0.1, 0.15) is 0 Å². The van der Waals surface area contributed by atoms with Crippen LogP contribution in [0.2, 0.25) is 5.31 Å². The number of rotatable bonds is 12. The Kier molecular flexibility index (Phi) is 9.70. The number of phenols is 2. The maximum Gasteiger partial charge on any atom is 0.255 e. The summed E-state index contributed by atoms with van der Waals surface area (Å²) in [7, 11) is 6.17. The van der Waals surface area contributed by atoms with Gasteiger partial charge in [-0.2, -0.15) is 0 Å². The Balaban J connectivity index is 2.92. The van der Waals surface area contributed by atoms with Crippen LogP contribution in [0.25, 0.3) is 0 Å². The Labute approximate surface area is 207 Å². The molecule has 0 aliphatic carbocycles. The lowest BCUT2D eigenvalue weighted by molar-refractivity contribution is 0.0906. The number of aromatic hydroxyl groups is 2. The van der Waals surface area contributed by atoms with Crippen molar-refractivity contribution in [3.63, 3.8) is 0 Å². The summed E-state index contributed by atoms with van der Waals surface area (Å²) in [5.74, 6) is -2.21. The molecule has 34 heavy (non-hydrogen) atoms. The van der Waals surface area contributed by atoms with Gasteiger partial charge < -0.3 is 20.8 Å². The van der Waals surface area contributed by atoms with E-state index in [1.165, 1.54) is 12.1 Å². The fraction of sp³-hybridized carbons (Fsp3) is 0.704. The van der Waals surface area contributed by atoms with Crippen LogP contribution in [0.1, 0.15) is 109 Å². The smallest absolute Gasteiger partial charge is 0.255 e. The molecule has 1 rings (SSSR count). The highest BCUT2D eigenvalue weighted by atomic mass is 16.3. The molecule has 0 fully saturated rings. The number of carbonyl (C=O) groups excluding carboxylic acids is 2. The van der Waals surface area contributed by atoms with E-state index < -0.39 is 23.3 Å². The number of phenolic OH excluding ortho intramolecular Hbond substituents is 2. The average molecular weight is 472 g/mol. The molecule has 0 aliphatic rings. The van der Waals surface area contributed by atoms with E-state index in [-0.39, 0.29) is 32.7 Å². The van der Waals surface area contributed by atoms with Crippen LogP contribution in [0.4, 0.5) is 0 Å². The third-order valence-electron chi connectivity index (χ3n) is 6.69. The van der Waals surface area contributed by atoms with Gasteiger partial charge in [-0.15, -0.1) is 0 Å². The molecule has 0 saturated heterocycles. The Bertz CT molecular complexity index is 874. The van der Waals surface area contributed by atoms with Crippen molar-refractivity contribution in [2.75, 3.05) is 13.1 Å². The monoisotopic (exact) mass is 472 g/mol. The molecule has 0 saturated carbocycles. The van der Waals surface area contributed by atoms with Crippen molar-refractivity contribution in [2.24, 2.45) is 16.2 Å². The van der Waals surface area contributed by atoms with Gasteiger partial charge in [0.2, 0.25) is 0 Å². The Morgan fingerprint density at radius 3 is 1.59 bits per heavy atom. The summed E-state index contributed by atoms with van der Waals surface area (Å²) in [5, 5.41) is 26.3. The number of benzene rings is 1. The fourth-order valence-corrected chi connectivity index (χ4v) is 4.65. The quantitative estimate of drug-likeness (QED) is 0.236. The van der Waals surface area contributed by atoms with Crippen LogP contribution in [0.3, 0.4) is 0 Å². The molecule has 0 aromatic heterocycles. The zero-order chi connectivity index (χ0) is 26.5. The predicted molar refractivity (Wildman–Crippen MR) is 140 cm³/mol. The Hall–Kier alpha value is -2.18. The molecule has 0 aliphatic heterocycles. The zero-order valence-electron chi connectivity index (χ0n) is 22.7. The summed E-state index contributed by atoms with van der Waals surface area (Å²) >= 11 is 0. The second-order valence-electron chi connectivity index (χ2n) is 12.4. The summed E-state index contributed by atoms with van der Waals surface area (Å²) in [6, 6.07) is 2.73. The normalized spacial score (nSPS) is 14.4. The summed E-state index contributed by atoms with van der Waals surface area (Å²) in [4.78, 5) is 25.4. The number of amides is 2. The van der Waals surface area contributed by atoms with Crippen LogP contribution < -0.4 is 10.6 Å². The number of carbonyl (C=O) groups is 2. The van der Waals surface area contributed by atoms with Crippen molar-refractivity contribution in [3.05, 3.63) is 23.3 Å². The molecule has 4 N–H and O–H groups in total. The lowest BCUT2D eigenvalue weighted by atomic mass is 9.62. The molecule has 1 atom stereocenters. The highest BCUT2D eigenvalue weighted by Crippen LogP contribution is 2.39. The number of nitrogens with one attached hydrogen (secondary N) is 2. The molecule has 7 heteroatoms. The van der Waals surface area contributed by atoms with Crippen molar-refractivity contribution in [3.8, 4) is 11.5 Å². The fourth-order valence-electron chi connectivity index (χ4n) is 4.65. The second-order valence-corrected chi connectivity index (χ2v) is 12.4. The minimum absolute atomic E-state index is 0.0668. The minimum Gasteiger partial charge on any atom is -0.504 e. The first-order chi connectivity index (χ1) is 15.4. The summed E-state index contributed by atoms with van der Waals surface area (Å²) in [6.45, 7) is 19.5. The molecule has 0 bridgehead atoms. The van der Waals surface area contributed by atoms with E-state index in [2.05, 4.69) is 52.2 Å². The molecule has 0 heterocycles. The van der Waals surface area contributed by atoms with E-state index in [1.807, 2.05) is 20.8 Å². The molecule has 1 aromatic carbocycles. The van der Waals surface area contributed by atoms with Gasteiger partial charge in [0.25, 0.3) is 11.8 Å². The SMILES string of the molecule is [B]C(C)(C)CC(C)(CC)CNC(=O)c1ccc(C(=O)NCC(C)(C)CC(C)(C)CC)c(O)c1O.